The van der Waals surface area contributed by atoms with E-state index in [0.29, 0.717) is 13.0 Å². The van der Waals surface area contributed by atoms with Crippen LogP contribution in [0.25, 0.3) is 0 Å². The van der Waals surface area contributed by atoms with E-state index in [9.17, 15) is 4.39 Å². The van der Waals surface area contributed by atoms with Gasteiger partial charge in [0.25, 0.3) is 0 Å². The first-order valence-corrected chi connectivity index (χ1v) is 3.15. The second-order valence-corrected chi connectivity index (χ2v) is 2.51. The van der Waals surface area contributed by atoms with Gasteiger partial charge in [0.15, 0.2) is 0 Å². The topological polar surface area (TPSA) is 21.3 Å². The van der Waals surface area contributed by atoms with E-state index < -0.39 is 5.67 Å². The highest BCUT2D eigenvalue weighted by atomic mass is 19.1. The highest BCUT2D eigenvalue weighted by Crippen LogP contribution is 2.19. The van der Waals surface area contributed by atoms with E-state index in [2.05, 4.69) is 5.32 Å². The van der Waals surface area contributed by atoms with Crippen LogP contribution in [0.15, 0.2) is 0 Å². The highest BCUT2D eigenvalue weighted by Gasteiger charge is 2.33. The van der Waals surface area contributed by atoms with Crippen LogP contribution in [0.1, 0.15) is 6.42 Å². The smallest absolute Gasteiger partial charge is 0.147 e. The van der Waals surface area contributed by atoms with Crippen LogP contribution < -0.4 is 5.32 Å². The molecule has 9 heavy (non-hydrogen) atoms. The summed E-state index contributed by atoms with van der Waals surface area (Å²) in [6, 6.07) is 0. The second-order valence-electron chi connectivity index (χ2n) is 2.51. The maximum Gasteiger partial charge on any atom is 0.147 e. The minimum atomic E-state index is -1.09. The molecular formula is C6H12FNO. The third kappa shape index (κ3) is 1.63. The zero-order chi connectivity index (χ0) is 6.74. The quantitative estimate of drug-likeness (QED) is 0.586. The summed E-state index contributed by atoms with van der Waals surface area (Å²) in [6.45, 7) is 1.45. The van der Waals surface area contributed by atoms with E-state index in [4.69, 9.17) is 4.74 Å². The molecular weight excluding hydrogens is 121 g/mol. The van der Waals surface area contributed by atoms with Crippen LogP contribution in [0, 0.1) is 0 Å². The van der Waals surface area contributed by atoms with Crippen LogP contribution >= 0.6 is 0 Å². The van der Waals surface area contributed by atoms with E-state index >= 15 is 0 Å². The van der Waals surface area contributed by atoms with Gasteiger partial charge in [0.05, 0.1) is 6.61 Å². The molecule has 1 fully saturated rings. The maximum absolute atomic E-state index is 13.1. The zero-order valence-electron chi connectivity index (χ0n) is 5.61. The van der Waals surface area contributed by atoms with Crippen LogP contribution in [-0.2, 0) is 4.74 Å². The van der Waals surface area contributed by atoms with E-state index in [-0.39, 0.29) is 6.61 Å². The van der Waals surface area contributed by atoms with Crippen molar-refractivity contribution in [2.24, 2.45) is 0 Å². The SMILES string of the molecule is COCC1(F)CCNC1. The van der Waals surface area contributed by atoms with Crippen molar-refractivity contribution in [2.75, 3.05) is 26.8 Å². The lowest BCUT2D eigenvalue weighted by Crippen LogP contribution is -2.31. The first-order chi connectivity index (χ1) is 4.27. The van der Waals surface area contributed by atoms with Gasteiger partial charge >= 0.3 is 0 Å². The minimum absolute atomic E-state index is 0.222. The summed E-state index contributed by atoms with van der Waals surface area (Å²) in [5.41, 5.74) is -1.09. The van der Waals surface area contributed by atoms with Crippen molar-refractivity contribution < 1.29 is 9.13 Å². The molecule has 0 bridgehead atoms. The Bertz CT molecular complexity index is 91.1. The predicted octanol–water partition coefficient (Wildman–Crippen LogP) is 0.334. The molecule has 1 rings (SSSR count). The standard InChI is InChI=1S/C6H12FNO/c1-9-5-6(7)2-3-8-4-6/h8H,2-5H2,1H3. The van der Waals surface area contributed by atoms with Gasteiger partial charge in [-0.1, -0.05) is 0 Å². The molecule has 1 atom stereocenters. The predicted molar refractivity (Wildman–Crippen MR) is 33.2 cm³/mol. The largest absolute Gasteiger partial charge is 0.381 e. The Morgan fingerprint density at radius 3 is 3.00 bits per heavy atom. The van der Waals surface area contributed by atoms with Gasteiger partial charge in [0, 0.05) is 13.7 Å². The number of ether oxygens (including phenoxy) is 1. The molecule has 1 unspecified atom stereocenters. The van der Waals surface area contributed by atoms with Gasteiger partial charge < -0.3 is 10.1 Å². The molecule has 1 saturated heterocycles. The Hall–Kier alpha value is -0.150. The molecule has 54 valence electrons. The van der Waals surface area contributed by atoms with Crippen molar-refractivity contribution in [3.05, 3.63) is 0 Å². The lowest BCUT2D eigenvalue weighted by molar-refractivity contribution is 0.0558. The van der Waals surface area contributed by atoms with Crippen molar-refractivity contribution in [3.63, 3.8) is 0 Å². The fourth-order valence-electron chi connectivity index (χ4n) is 1.10. The molecule has 2 nitrogen and oxygen atoms in total. The van der Waals surface area contributed by atoms with Crippen LogP contribution in [0.4, 0.5) is 4.39 Å². The Labute approximate surface area is 54.4 Å². The third-order valence-electron chi connectivity index (χ3n) is 1.59. The molecule has 0 saturated carbocycles. The number of rotatable bonds is 2. The Morgan fingerprint density at radius 1 is 1.78 bits per heavy atom. The van der Waals surface area contributed by atoms with Crippen LogP contribution in [0.5, 0.6) is 0 Å². The summed E-state index contributed by atoms with van der Waals surface area (Å²) >= 11 is 0. The normalized spacial score (nSPS) is 35.3. The Morgan fingerprint density at radius 2 is 2.56 bits per heavy atom. The average Bonchev–Trinajstić information content (AvgIpc) is 2.16. The summed E-state index contributed by atoms with van der Waals surface area (Å²) in [4.78, 5) is 0. The van der Waals surface area contributed by atoms with Crippen molar-refractivity contribution in [2.45, 2.75) is 12.1 Å². The van der Waals surface area contributed by atoms with Gasteiger partial charge in [-0.3, -0.25) is 0 Å². The first-order valence-electron chi connectivity index (χ1n) is 3.15. The fourth-order valence-corrected chi connectivity index (χ4v) is 1.10. The number of nitrogens with one attached hydrogen (secondary N) is 1. The van der Waals surface area contributed by atoms with Gasteiger partial charge in [-0.15, -0.1) is 0 Å². The lowest BCUT2D eigenvalue weighted by Gasteiger charge is -2.15. The summed E-state index contributed by atoms with van der Waals surface area (Å²) < 4.78 is 17.8. The van der Waals surface area contributed by atoms with Crippen LogP contribution in [-0.4, -0.2) is 32.5 Å². The number of halogens is 1. The monoisotopic (exact) mass is 133 g/mol. The van der Waals surface area contributed by atoms with Crippen molar-refractivity contribution in [3.8, 4) is 0 Å². The van der Waals surface area contributed by atoms with Crippen LogP contribution in [0.2, 0.25) is 0 Å². The molecule has 3 heteroatoms. The summed E-state index contributed by atoms with van der Waals surface area (Å²) in [5.74, 6) is 0. The average molecular weight is 133 g/mol. The maximum atomic E-state index is 13.1. The first kappa shape index (κ1) is 6.96. The number of hydrogen-bond donors (Lipinski definition) is 1. The van der Waals surface area contributed by atoms with Crippen molar-refractivity contribution in [1.29, 1.82) is 0 Å². The Balaban J connectivity index is 2.32. The molecule has 0 amide bonds. The van der Waals surface area contributed by atoms with Gasteiger partial charge in [-0.05, 0) is 13.0 Å². The molecule has 0 aromatic heterocycles. The van der Waals surface area contributed by atoms with Crippen LogP contribution in [0.3, 0.4) is 0 Å². The molecule has 0 spiro atoms. The van der Waals surface area contributed by atoms with E-state index in [0.717, 1.165) is 6.54 Å². The molecule has 0 aromatic rings. The van der Waals surface area contributed by atoms with Gasteiger partial charge in [0.2, 0.25) is 0 Å². The van der Waals surface area contributed by atoms with E-state index in [1.54, 1.807) is 0 Å². The Kier molecular flexibility index (Phi) is 2.03. The molecule has 1 aliphatic rings. The number of hydrogen-bond acceptors (Lipinski definition) is 2. The van der Waals surface area contributed by atoms with E-state index in [1.165, 1.54) is 7.11 Å². The van der Waals surface area contributed by atoms with Gasteiger partial charge in [-0.2, -0.15) is 0 Å². The molecule has 1 heterocycles. The zero-order valence-corrected chi connectivity index (χ0v) is 5.61. The summed E-state index contributed by atoms with van der Waals surface area (Å²) in [6.07, 6.45) is 0.584. The number of alkyl halides is 1. The molecule has 0 aliphatic carbocycles. The lowest BCUT2D eigenvalue weighted by atomic mass is 10.1. The second kappa shape index (κ2) is 2.62. The third-order valence-corrected chi connectivity index (χ3v) is 1.59. The van der Waals surface area contributed by atoms with Crippen molar-refractivity contribution >= 4 is 0 Å². The van der Waals surface area contributed by atoms with Gasteiger partial charge in [0.1, 0.15) is 5.67 Å². The minimum Gasteiger partial charge on any atom is -0.381 e. The molecule has 0 aromatic carbocycles. The molecule has 1 aliphatic heterocycles. The van der Waals surface area contributed by atoms with Gasteiger partial charge in [-0.25, -0.2) is 4.39 Å². The highest BCUT2D eigenvalue weighted by molar-refractivity contribution is 4.87. The number of methoxy groups -OCH3 is 1. The van der Waals surface area contributed by atoms with E-state index in [1.807, 2.05) is 0 Å². The summed E-state index contributed by atoms with van der Waals surface area (Å²) in [5, 5.41) is 2.94. The molecule has 1 N–H and O–H groups in total. The molecule has 0 radical (unpaired) electrons. The fraction of sp³-hybridized carbons (Fsp3) is 1.00. The summed E-state index contributed by atoms with van der Waals surface area (Å²) in [7, 11) is 1.53. The van der Waals surface area contributed by atoms with Crippen molar-refractivity contribution in [1.82, 2.24) is 5.32 Å².